The second kappa shape index (κ2) is 13.1. The van der Waals surface area contributed by atoms with Gasteiger partial charge in [0.25, 0.3) is 0 Å². The van der Waals surface area contributed by atoms with E-state index < -0.39 is 8.07 Å². The molecule has 4 heteroatoms. The number of benzene rings is 5. The minimum atomic E-state index is -2.54. The smallest absolute Gasteiger partial charge is 0.241 e. The maximum Gasteiger partial charge on any atom is 0.241 e. The molecule has 0 aliphatic heterocycles. The molecule has 0 aliphatic carbocycles. The first kappa shape index (κ1) is 28.5. The summed E-state index contributed by atoms with van der Waals surface area (Å²) in [6.07, 6.45) is 7.17. The van der Waals surface area contributed by atoms with E-state index in [0.29, 0.717) is 5.92 Å². The molecule has 0 N–H and O–H groups in total. The molecule has 1 radical (unpaired) electrons. The van der Waals surface area contributed by atoms with E-state index in [4.69, 9.17) is 4.98 Å². The maximum atomic E-state index is 4.91. The van der Waals surface area contributed by atoms with Crippen LogP contribution in [0, 0.1) is 0 Å². The lowest BCUT2D eigenvalue weighted by atomic mass is 9.65. The van der Waals surface area contributed by atoms with Crippen LogP contribution in [0.15, 0.2) is 158 Å². The second-order valence-electron chi connectivity index (χ2n) is 11.3. The number of hydrogen-bond acceptors (Lipinski definition) is 1. The topological polar surface area (TPSA) is 17.8 Å². The number of rotatable bonds is 10. The van der Waals surface area contributed by atoms with Gasteiger partial charge in [0.05, 0.1) is 5.72 Å². The summed E-state index contributed by atoms with van der Waals surface area (Å²) >= 11 is 0. The van der Waals surface area contributed by atoms with Crippen LogP contribution in [-0.4, -0.2) is 24.9 Å². The number of imidazole rings is 1. The third kappa shape index (κ3) is 6.25. The van der Waals surface area contributed by atoms with Gasteiger partial charge in [-0.1, -0.05) is 171 Å². The van der Waals surface area contributed by atoms with Gasteiger partial charge in [-0.3, -0.25) is 4.98 Å². The highest BCUT2D eigenvalue weighted by molar-refractivity contribution is 7.10. The molecular formula is C39H36BN2Si. The van der Waals surface area contributed by atoms with Crippen molar-refractivity contribution in [1.29, 1.82) is 0 Å². The predicted octanol–water partition coefficient (Wildman–Crippen LogP) is 6.24. The van der Waals surface area contributed by atoms with Crippen LogP contribution in [0.3, 0.4) is 0 Å². The fraction of sp³-hybridized carbons (Fsp3) is 0.103. The van der Waals surface area contributed by atoms with Gasteiger partial charge >= 0.3 is 0 Å². The first-order valence-corrected chi connectivity index (χ1v) is 17.2. The zero-order valence-electron chi connectivity index (χ0n) is 24.8. The Bertz CT molecular complexity index is 1720. The van der Waals surface area contributed by atoms with Crippen LogP contribution in [0.25, 0.3) is 11.5 Å². The summed E-state index contributed by atoms with van der Waals surface area (Å²) in [6, 6.07) is 52.8. The molecule has 0 saturated carbocycles. The quantitative estimate of drug-likeness (QED) is 0.108. The van der Waals surface area contributed by atoms with E-state index in [9.17, 15) is 0 Å². The van der Waals surface area contributed by atoms with Crippen LogP contribution in [0.4, 0.5) is 0 Å². The molecule has 0 saturated heterocycles. The molecule has 0 amide bonds. The van der Waals surface area contributed by atoms with Crippen molar-refractivity contribution in [2.75, 3.05) is 0 Å². The average Bonchev–Trinajstić information content (AvgIpc) is 3.51. The van der Waals surface area contributed by atoms with Gasteiger partial charge in [0.1, 0.15) is 0 Å². The van der Waals surface area contributed by atoms with Crippen molar-refractivity contribution in [3.05, 3.63) is 175 Å². The van der Waals surface area contributed by atoms with Crippen LogP contribution in [0.1, 0.15) is 36.5 Å². The number of aromatic nitrogens is 2. The molecule has 0 atom stereocenters. The highest BCUT2D eigenvalue weighted by Gasteiger charge is 2.40. The van der Waals surface area contributed by atoms with E-state index in [0.717, 1.165) is 17.4 Å². The summed E-state index contributed by atoms with van der Waals surface area (Å²) in [5, 5.41) is 4.18. The van der Waals surface area contributed by atoms with Gasteiger partial charge in [0.15, 0.2) is 8.07 Å². The Kier molecular flexibility index (Phi) is 8.67. The lowest BCUT2D eigenvalue weighted by Gasteiger charge is -2.35. The van der Waals surface area contributed by atoms with Crippen LogP contribution in [0.5, 0.6) is 0 Å². The molecule has 6 aromatic rings. The fourth-order valence-electron chi connectivity index (χ4n) is 5.93. The molecule has 0 aliphatic rings. The van der Waals surface area contributed by atoms with E-state index in [1.165, 1.54) is 32.3 Å². The van der Waals surface area contributed by atoms with Crippen molar-refractivity contribution in [2.45, 2.75) is 25.9 Å². The second-order valence-corrected chi connectivity index (χ2v) is 15.2. The third-order valence-corrected chi connectivity index (χ3v) is 13.0. The molecule has 0 bridgehead atoms. The Labute approximate surface area is 257 Å². The molecule has 43 heavy (non-hydrogen) atoms. The predicted molar refractivity (Wildman–Crippen MR) is 186 cm³/mol. The molecule has 2 nitrogen and oxygen atoms in total. The van der Waals surface area contributed by atoms with Gasteiger partial charge in [-0.2, -0.15) is 0 Å². The van der Waals surface area contributed by atoms with Crippen molar-refractivity contribution in [1.82, 2.24) is 9.55 Å². The summed E-state index contributed by atoms with van der Waals surface area (Å²) in [7, 11) is -0.303. The largest absolute Gasteiger partial charge is 0.345 e. The summed E-state index contributed by atoms with van der Waals surface area (Å²) in [5.74, 6) is 0.487. The standard InChI is InChI=1S/C39H36BN2Si/c1-31(2)33-23-25-37(26-24-33)43(35-19-11-5-12-20-35,36-21-13-6-14-22-36)30-42-28-27-41-39(42)40-38(34-17-9-4-10-18-34)29-32-15-7-3-8-16-32/h3-29,31H,30H2,1-2H3. The van der Waals surface area contributed by atoms with Crippen LogP contribution < -0.4 is 21.3 Å². The normalized spacial score (nSPS) is 11.9. The highest BCUT2D eigenvalue weighted by atomic mass is 28.3. The molecule has 209 valence electrons. The van der Waals surface area contributed by atoms with Crippen LogP contribution >= 0.6 is 0 Å². The van der Waals surface area contributed by atoms with E-state index in [1.807, 2.05) is 6.20 Å². The van der Waals surface area contributed by atoms with E-state index >= 15 is 0 Å². The summed E-state index contributed by atoms with van der Waals surface area (Å²) in [5.41, 5.74) is 5.78. The molecule has 5 aromatic carbocycles. The van der Waals surface area contributed by atoms with E-state index in [-0.39, 0.29) is 0 Å². The van der Waals surface area contributed by atoms with Crippen molar-refractivity contribution < 1.29 is 0 Å². The van der Waals surface area contributed by atoms with E-state index in [1.54, 1.807) is 0 Å². The van der Waals surface area contributed by atoms with Gasteiger partial charge in [0, 0.05) is 18.6 Å². The van der Waals surface area contributed by atoms with E-state index in [2.05, 4.69) is 184 Å². The Morgan fingerprint density at radius 1 is 0.674 bits per heavy atom. The molecule has 1 aromatic heterocycles. The molecule has 6 rings (SSSR count). The molecular weight excluding hydrogens is 535 g/mol. The molecule has 0 unspecified atom stereocenters. The Hall–Kier alpha value is -4.67. The average molecular weight is 572 g/mol. The monoisotopic (exact) mass is 571 g/mol. The number of hydrogen-bond donors (Lipinski definition) is 0. The van der Waals surface area contributed by atoms with Gasteiger partial charge in [-0.15, -0.1) is 0 Å². The van der Waals surface area contributed by atoms with Gasteiger partial charge in [-0.05, 0) is 38.2 Å². The van der Waals surface area contributed by atoms with Crippen LogP contribution in [0.2, 0.25) is 0 Å². The Balaban J connectivity index is 1.48. The lowest BCUT2D eigenvalue weighted by Crippen LogP contribution is -2.70. The maximum absolute atomic E-state index is 4.91. The van der Waals surface area contributed by atoms with Gasteiger partial charge in [-0.25, -0.2) is 0 Å². The Morgan fingerprint density at radius 3 is 1.74 bits per heavy atom. The lowest BCUT2D eigenvalue weighted by molar-refractivity contribution is 0.867. The van der Waals surface area contributed by atoms with Crippen molar-refractivity contribution in [3.63, 3.8) is 0 Å². The molecule has 0 fully saturated rings. The molecule has 1 heterocycles. The minimum absolute atomic E-state index is 0.487. The Morgan fingerprint density at radius 2 is 1.19 bits per heavy atom. The zero-order chi connectivity index (χ0) is 29.5. The fourth-order valence-corrected chi connectivity index (χ4v) is 10.5. The van der Waals surface area contributed by atoms with Crippen molar-refractivity contribution in [3.8, 4) is 0 Å². The summed E-state index contributed by atoms with van der Waals surface area (Å²) in [4.78, 5) is 4.91. The van der Waals surface area contributed by atoms with Gasteiger partial charge in [0.2, 0.25) is 7.28 Å². The number of nitrogens with zero attached hydrogens (tertiary/aromatic N) is 2. The highest BCUT2D eigenvalue weighted by Crippen LogP contribution is 2.19. The first-order chi connectivity index (χ1) is 21.1. The van der Waals surface area contributed by atoms with Crippen molar-refractivity contribution >= 4 is 48.2 Å². The summed E-state index contributed by atoms with van der Waals surface area (Å²) < 4.78 is 2.37. The van der Waals surface area contributed by atoms with Crippen molar-refractivity contribution in [2.24, 2.45) is 0 Å². The summed E-state index contributed by atoms with van der Waals surface area (Å²) in [6.45, 7) is 4.52. The third-order valence-electron chi connectivity index (χ3n) is 8.27. The van der Waals surface area contributed by atoms with Gasteiger partial charge < -0.3 is 4.57 Å². The molecule has 0 spiro atoms. The zero-order valence-corrected chi connectivity index (χ0v) is 25.8. The SMILES string of the molecule is CC(C)c1ccc([Si](Cn2ccnc2[B]C(=Cc2ccccc2)c2ccccc2)(c2ccccc2)c2ccccc2)cc1. The van der Waals surface area contributed by atoms with Crippen LogP contribution in [-0.2, 0) is 6.17 Å². The first-order valence-electron chi connectivity index (χ1n) is 15.0. The minimum Gasteiger partial charge on any atom is -0.345 e.